The van der Waals surface area contributed by atoms with Crippen molar-refractivity contribution in [3.8, 4) is 0 Å². The van der Waals surface area contributed by atoms with Crippen LogP contribution in [0.25, 0.3) is 0 Å². The summed E-state index contributed by atoms with van der Waals surface area (Å²) in [6.07, 6.45) is 1.74. The average Bonchev–Trinajstić information content (AvgIpc) is 2.47. The van der Waals surface area contributed by atoms with Crippen molar-refractivity contribution in [1.82, 2.24) is 4.90 Å². The minimum atomic E-state index is -0.367. The molecule has 0 spiro atoms. The van der Waals surface area contributed by atoms with Gasteiger partial charge in [0.15, 0.2) is 11.6 Å². The first-order valence-electron chi connectivity index (χ1n) is 4.57. The molecule has 5 heteroatoms. The number of hydrogen-bond donors (Lipinski definition) is 0. The van der Waals surface area contributed by atoms with Crippen LogP contribution in [-0.2, 0) is 14.3 Å². The van der Waals surface area contributed by atoms with Crippen LogP contribution in [0.1, 0.15) is 6.92 Å². The third kappa shape index (κ3) is 1.93. The molecular formula is C9H12N2O3. The van der Waals surface area contributed by atoms with Crippen molar-refractivity contribution in [2.75, 3.05) is 26.3 Å². The Balaban J connectivity index is 2.05. The van der Waals surface area contributed by atoms with Crippen molar-refractivity contribution in [2.45, 2.75) is 6.92 Å². The molecule has 1 saturated heterocycles. The molecule has 0 aromatic rings. The highest BCUT2D eigenvalue weighted by Crippen LogP contribution is 2.12. The molecule has 0 N–H and O–H groups in total. The molecule has 0 radical (unpaired) electrons. The second kappa shape index (κ2) is 3.79. The van der Waals surface area contributed by atoms with Gasteiger partial charge in [-0.05, 0) is 0 Å². The molecule has 14 heavy (non-hydrogen) atoms. The zero-order valence-electron chi connectivity index (χ0n) is 8.02. The van der Waals surface area contributed by atoms with Gasteiger partial charge in [-0.25, -0.2) is 9.79 Å². The highest BCUT2D eigenvalue weighted by molar-refractivity contribution is 6.03. The number of esters is 1. The van der Waals surface area contributed by atoms with E-state index in [0.717, 1.165) is 13.1 Å². The molecule has 1 fully saturated rings. The highest BCUT2D eigenvalue weighted by atomic mass is 16.6. The second-order valence-electron chi connectivity index (χ2n) is 3.18. The Morgan fingerprint density at radius 2 is 2.14 bits per heavy atom. The number of cyclic esters (lactones) is 1. The summed E-state index contributed by atoms with van der Waals surface area (Å²) in [5.41, 5.74) is 0.379. The summed E-state index contributed by atoms with van der Waals surface area (Å²) < 4.78 is 9.99. The molecule has 0 unspecified atom stereocenters. The van der Waals surface area contributed by atoms with Crippen molar-refractivity contribution in [2.24, 2.45) is 4.99 Å². The first-order valence-corrected chi connectivity index (χ1v) is 4.57. The Morgan fingerprint density at radius 1 is 1.43 bits per heavy atom. The van der Waals surface area contributed by atoms with E-state index >= 15 is 0 Å². The lowest BCUT2D eigenvalue weighted by atomic mass is 10.4. The number of hydrogen-bond acceptors (Lipinski definition) is 5. The van der Waals surface area contributed by atoms with Crippen molar-refractivity contribution in [1.29, 1.82) is 0 Å². The molecule has 0 bridgehead atoms. The summed E-state index contributed by atoms with van der Waals surface area (Å²) >= 11 is 0. The summed E-state index contributed by atoms with van der Waals surface area (Å²) in [5, 5.41) is 0. The summed E-state index contributed by atoms with van der Waals surface area (Å²) in [4.78, 5) is 17.2. The topological polar surface area (TPSA) is 51.1 Å². The van der Waals surface area contributed by atoms with Crippen LogP contribution >= 0.6 is 0 Å². The Hall–Kier alpha value is -1.36. The van der Waals surface area contributed by atoms with Crippen molar-refractivity contribution < 1.29 is 14.3 Å². The van der Waals surface area contributed by atoms with Gasteiger partial charge in [-0.2, -0.15) is 0 Å². The smallest absolute Gasteiger partial charge is 0.365 e. The van der Waals surface area contributed by atoms with Crippen LogP contribution in [0.5, 0.6) is 0 Å². The number of ether oxygens (including phenoxy) is 2. The fraction of sp³-hybridized carbons (Fsp3) is 0.556. The molecule has 0 aromatic heterocycles. The Kier molecular flexibility index (Phi) is 2.49. The maximum Gasteiger partial charge on any atom is 0.365 e. The summed E-state index contributed by atoms with van der Waals surface area (Å²) in [6.45, 7) is 4.65. The number of morpholine rings is 1. The first-order chi connectivity index (χ1) is 6.75. The Bertz CT molecular complexity index is 303. The summed E-state index contributed by atoms with van der Waals surface area (Å²) in [5.74, 6) is 0.0449. The minimum Gasteiger partial charge on any atom is -0.407 e. The maximum atomic E-state index is 11.2. The molecule has 2 rings (SSSR count). The van der Waals surface area contributed by atoms with Gasteiger partial charge in [0.2, 0.25) is 0 Å². The van der Waals surface area contributed by atoms with Crippen LogP contribution in [0.2, 0.25) is 0 Å². The zero-order valence-corrected chi connectivity index (χ0v) is 8.02. The van der Waals surface area contributed by atoms with Gasteiger partial charge >= 0.3 is 5.97 Å². The minimum absolute atomic E-state index is 0.367. The van der Waals surface area contributed by atoms with Crippen LogP contribution in [0.4, 0.5) is 0 Å². The molecule has 0 atom stereocenters. The van der Waals surface area contributed by atoms with Crippen molar-refractivity contribution in [3.05, 3.63) is 11.9 Å². The molecule has 0 saturated carbocycles. The van der Waals surface area contributed by atoms with Gasteiger partial charge in [0.25, 0.3) is 0 Å². The van der Waals surface area contributed by atoms with Gasteiger partial charge in [-0.1, -0.05) is 0 Å². The molecular weight excluding hydrogens is 184 g/mol. The number of carbonyl (C=O) groups is 1. The largest absolute Gasteiger partial charge is 0.407 e. The Morgan fingerprint density at radius 3 is 2.71 bits per heavy atom. The van der Waals surface area contributed by atoms with Crippen LogP contribution in [0.15, 0.2) is 16.9 Å². The van der Waals surface area contributed by atoms with Gasteiger partial charge in [-0.15, -0.1) is 0 Å². The van der Waals surface area contributed by atoms with E-state index in [1.807, 2.05) is 4.90 Å². The van der Waals surface area contributed by atoms with E-state index in [-0.39, 0.29) is 5.97 Å². The SMILES string of the molecule is CC1=N/C(=C/N2CCOCC2)C(=O)O1. The molecule has 2 aliphatic heterocycles. The predicted octanol–water partition coefficient (Wildman–Crippen LogP) is 0.135. The number of carbonyl (C=O) groups excluding carboxylic acids is 1. The lowest BCUT2D eigenvalue weighted by molar-refractivity contribution is -0.130. The van der Waals surface area contributed by atoms with Crippen molar-refractivity contribution in [3.63, 3.8) is 0 Å². The van der Waals surface area contributed by atoms with Gasteiger partial charge in [0.05, 0.1) is 13.2 Å². The van der Waals surface area contributed by atoms with E-state index in [9.17, 15) is 4.79 Å². The van der Waals surface area contributed by atoms with Gasteiger partial charge in [-0.3, -0.25) is 0 Å². The average molecular weight is 196 g/mol. The molecule has 0 amide bonds. The van der Waals surface area contributed by atoms with Gasteiger partial charge in [0.1, 0.15) is 0 Å². The number of rotatable bonds is 1. The van der Waals surface area contributed by atoms with Gasteiger partial charge < -0.3 is 14.4 Å². The maximum absolute atomic E-state index is 11.2. The Labute approximate surface area is 82.0 Å². The third-order valence-corrected chi connectivity index (χ3v) is 2.08. The molecule has 76 valence electrons. The monoisotopic (exact) mass is 196 g/mol. The van der Waals surface area contributed by atoms with Crippen LogP contribution in [0, 0.1) is 0 Å². The van der Waals surface area contributed by atoms with E-state index in [4.69, 9.17) is 9.47 Å². The third-order valence-electron chi connectivity index (χ3n) is 2.08. The fourth-order valence-corrected chi connectivity index (χ4v) is 1.39. The van der Waals surface area contributed by atoms with E-state index in [1.165, 1.54) is 0 Å². The molecule has 2 aliphatic rings. The first kappa shape index (κ1) is 9.21. The number of aliphatic imine (C=N–C) groups is 1. The molecule has 2 heterocycles. The lowest BCUT2D eigenvalue weighted by Crippen LogP contribution is -2.32. The van der Waals surface area contributed by atoms with E-state index < -0.39 is 0 Å². The highest BCUT2D eigenvalue weighted by Gasteiger charge is 2.21. The van der Waals surface area contributed by atoms with Crippen LogP contribution < -0.4 is 0 Å². The predicted molar refractivity (Wildman–Crippen MR) is 49.7 cm³/mol. The normalized spacial score (nSPS) is 25.2. The van der Waals surface area contributed by atoms with E-state index in [0.29, 0.717) is 24.8 Å². The second-order valence-corrected chi connectivity index (χ2v) is 3.18. The molecule has 5 nitrogen and oxygen atoms in total. The molecule has 0 aromatic carbocycles. The van der Waals surface area contributed by atoms with Gasteiger partial charge in [0, 0.05) is 26.2 Å². The fourth-order valence-electron chi connectivity index (χ4n) is 1.39. The lowest BCUT2D eigenvalue weighted by Gasteiger charge is -2.24. The standard InChI is InChI=1S/C9H12N2O3/c1-7-10-8(9(12)14-7)6-11-2-4-13-5-3-11/h6H,2-5H2,1H3/b8-6+. The number of nitrogens with zero attached hydrogens (tertiary/aromatic N) is 2. The van der Waals surface area contributed by atoms with Crippen molar-refractivity contribution >= 4 is 11.9 Å². The molecule has 0 aliphatic carbocycles. The summed E-state index contributed by atoms with van der Waals surface area (Å²) in [6, 6.07) is 0. The summed E-state index contributed by atoms with van der Waals surface area (Å²) in [7, 11) is 0. The van der Waals surface area contributed by atoms with E-state index in [1.54, 1.807) is 13.1 Å². The van der Waals surface area contributed by atoms with E-state index in [2.05, 4.69) is 4.99 Å². The van der Waals surface area contributed by atoms with Crippen LogP contribution in [-0.4, -0.2) is 43.1 Å². The van der Waals surface area contributed by atoms with Crippen LogP contribution in [0.3, 0.4) is 0 Å². The zero-order chi connectivity index (χ0) is 9.97. The quantitative estimate of drug-likeness (QED) is 0.442.